The molecular weight excluding hydrogens is 394 g/mol. The van der Waals surface area contributed by atoms with Crippen molar-refractivity contribution >= 4 is 17.6 Å². The minimum absolute atomic E-state index is 0.0723. The van der Waals surface area contributed by atoms with E-state index in [1.165, 1.54) is 0 Å². The summed E-state index contributed by atoms with van der Waals surface area (Å²) in [6.45, 7) is 5.45. The van der Waals surface area contributed by atoms with Crippen molar-refractivity contribution in [3.63, 3.8) is 0 Å². The lowest BCUT2D eigenvalue weighted by molar-refractivity contribution is -0.159. The third kappa shape index (κ3) is 4.97. The van der Waals surface area contributed by atoms with Crippen molar-refractivity contribution in [2.24, 2.45) is 5.92 Å². The van der Waals surface area contributed by atoms with Crippen LogP contribution in [-0.2, 0) is 19.1 Å². The lowest BCUT2D eigenvalue weighted by Gasteiger charge is -2.43. The minimum atomic E-state index is -1.44. The second kappa shape index (κ2) is 9.79. The lowest BCUT2D eigenvalue weighted by atomic mass is 9.66. The average Bonchev–Trinajstić information content (AvgIpc) is 2.74. The number of esters is 2. The third-order valence-electron chi connectivity index (χ3n) is 5.44. The molecule has 2 aromatic carbocycles. The topological polar surface area (TPSA) is 84.9 Å². The molecule has 0 unspecified atom stereocenters. The van der Waals surface area contributed by atoms with E-state index in [0.29, 0.717) is 11.3 Å². The van der Waals surface area contributed by atoms with Crippen molar-refractivity contribution in [1.82, 2.24) is 0 Å². The maximum atomic E-state index is 13.2. The predicted molar refractivity (Wildman–Crippen MR) is 118 cm³/mol. The summed E-state index contributed by atoms with van der Waals surface area (Å²) in [5.41, 5.74) is 0.929. The number of anilines is 1. The van der Waals surface area contributed by atoms with Gasteiger partial charge in [0.1, 0.15) is 0 Å². The van der Waals surface area contributed by atoms with Gasteiger partial charge in [-0.25, -0.2) is 4.79 Å². The summed E-state index contributed by atoms with van der Waals surface area (Å²) in [5.74, 6) is -2.74. The van der Waals surface area contributed by atoms with Crippen molar-refractivity contribution in [3.05, 3.63) is 77.5 Å². The van der Waals surface area contributed by atoms with Crippen molar-refractivity contribution in [1.29, 1.82) is 0 Å². The number of nitrogens with one attached hydrogen (secondary N) is 1. The molecule has 0 saturated carbocycles. The number of hydrogen-bond acceptors (Lipinski definition) is 6. The highest BCUT2D eigenvalue weighted by molar-refractivity contribution is 5.94. The van der Waals surface area contributed by atoms with Crippen LogP contribution in [0, 0.1) is 5.92 Å². The molecule has 0 aromatic heterocycles. The molecular formula is C25H29NO5. The number of carbonyl (C=O) groups is 2. The Bertz CT molecular complexity index is 937. The molecule has 0 radical (unpaired) electrons. The van der Waals surface area contributed by atoms with E-state index in [4.69, 9.17) is 9.47 Å². The number of rotatable bonds is 7. The lowest BCUT2D eigenvalue weighted by Crippen LogP contribution is -2.49. The zero-order valence-corrected chi connectivity index (χ0v) is 18.1. The van der Waals surface area contributed by atoms with Gasteiger partial charge in [-0.3, -0.25) is 4.79 Å². The maximum absolute atomic E-state index is 13.2. The van der Waals surface area contributed by atoms with Gasteiger partial charge >= 0.3 is 11.9 Å². The zero-order chi connectivity index (χ0) is 22.4. The highest BCUT2D eigenvalue weighted by Crippen LogP contribution is 2.48. The van der Waals surface area contributed by atoms with Crippen LogP contribution in [-0.4, -0.2) is 35.9 Å². The van der Waals surface area contributed by atoms with E-state index in [2.05, 4.69) is 5.32 Å². The van der Waals surface area contributed by atoms with Crippen LogP contribution >= 0.6 is 0 Å². The first-order chi connectivity index (χ1) is 14.9. The third-order valence-corrected chi connectivity index (χ3v) is 5.44. The van der Waals surface area contributed by atoms with Gasteiger partial charge in [-0.15, -0.1) is 0 Å². The van der Waals surface area contributed by atoms with Crippen molar-refractivity contribution in [2.75, 3.05) is 18.5 Å². The zero-order valence-electron chi connectivity index (χ0n) is 18.1. The molecule has 2 N–H and O–H groups in total. The molecule has 3 atom stereocenters. The molecule has 1 aliphatic carbocycles. The highest BCUT2D eigenvalue weighted by Gasteiger charge is 2.52. The van der Waals surface area contributed by atoms with Crippen LogP contribution in [0.25, 0.3) is 0 Å². The molecule has 0 aliphatic heterocycles. The van der Waals surface area contributed by atoms with Gasteiger partial charge in [-0.2, -0.15) is 0 Å². The van der Waals surface area contributed by atoms with E-state index in [0.717, 1.165) is 11.3 Å². The van der Waals surface area contributed by atoms with Gasteiger partial charge in [0.2, 0.25) is 0 Å². The largest absolute Gasteiger partial charge is 0.466 e. The van der Waals surface area contributed by atoms with Gasteiger partial charge in [-0.05, 0) is 38.5 Å². The van der Waals surface area contributed by atoms with Crippen molar-refractivity contribution in [2.45, 2.75) is 38.7 Å². The normalized spacial score (nSPS) is 23.2. The molecule has 3 rings (SSSR count). The van der Waals surface area contributed by atoms with Crippen LogP contribution in [0.3, 0.4) is 0 Å². The van der Waals surface area contributed by atoms with Crippen LogP contribution in [0.5, 0.6) is 0 Å². The molecule has 2 aromatic rings. The van der Waals surface area contributed by atoms with Gasteiger partial charge in [0.05, 0.1) is 30.3 Å². The van der Waals surface area contributed by atoms with Crippen LogP contribution in [0.15, 0.2) is 71.9 Å². The van der Waals surface area contributed by atoms with Crippen LogP contribution in [0.4, 0.5) is 5.69 Å². The molecule has 0 fully saturated rings. The fraction of sp³-hybridized carbons (Fsp3) is 0.360. The van der Waals surface area contributed by atoms with Crippen molar-refractivity contribution < 1.29 is 24.2 Å². The molecule has 31 heavy (non-hydrogen) atoms. The number of benzene rings is 2. The Morgan fingerprint density at radius 2 is 1.58 bits per heavy atom. The second-order valence-corrected chi connectivity index (χ2v) is 7.76. The Kier molecular flexibility index (Phi) is 7.13. The molecule has 6 nitrogen and oxygen atoms in total. The summed E-state index contributed by atoms with van der Waals surface area (Å²) >= 11 is 0. The molecule has 1 aliphatic rings. The quantitative estimate of drug-likeness (QED) is 0.654. The number of hydrogen-bond donors (Lipinski definition) is 2. The fourth-order valence-corrected chi connectivity index (χ4v) is 4.18. The summed E-state index contributed by atoms with van der Waals surface area (Å²) in [6.07, 6.45) is 0.0723. The molecule has 6 heteroatoms. The smallest absolute Gasteiger partial charge is 0.336 e. The van der Waals surface area contributed by atoms with Gasteiger partial charge in [-0.1, -0.05) is 48.5 Å². The van der Waals surface area contributed by atoms with Gasteiger partial charge in [0.25, 0.3) is 0 Å². The van der Waals surface area contributed by atoms with Crippen LogP contribution < -0.4 is 5.32 Å². The van der Waals surface area contributed by atoms with E-state index in [9.17, 15) is 14.7 Å². The fourth-order valence-electron chi connectivity index (χ4n) is 4.18. The van der Waals surface area contributed by atoms with Crippen LogP contribution in [0.1, 0.15) is 38.7 Å². The summed E-state index contributed by atoms with van der Waals surface area (Å²) in [5, 5.41) is 14.7. The Labute approximate surface area is 182 Å². The SMILES string of the molecule is CCOC(=O)C1=C(Nc2ccccc2)C[C@](C)(O)[C@@H](C(=O)OCC)[C@H]1c1ccccc1. The Morgan fingerprint density at radius 1 is 1.00 bits per heavy atom. The number of aliphatic hydroxyl groups is 1. The molecule has 164 valence electrons. The maximum Gasteiger partial charge on any atom is 0.336 e. The van der Waals surface area contributed by atoms with Crippen molar-refractivity contribution in [3.8, 4) is 0 Å². The number of carbonyl (C=O) groups excluding carboxylic acids is 2. The summed E-state index contributed by atoms with van der Waals surface area (Å²) in [7, 11) is 0. The molecule has 0 spiro atoms. The molecule has 0 saturated heterocycles. The Morgan fingerprint density at radius 3 is 2.16 bits per heavy atom. The highest BCUT2D eigenvalue weighted by atomic mass is 16.5. The Hall–Kier alpha value is -3.12. The van der Waals surface area contributed by atoms with E-state index in [-0.39, 0.29) is 19.6 Å². The predicted octanol–water partition coefficient (Wildman–Crippen LogP) is 4.03. The van der Waals surface area contributed by atoms with E-state index < -0.39 is 29.4 Å². The van der Waals surface area contributed by atoms with E-state index in [1.54, 1.807) is 20.8 Å². The second-order valence-electron chi connectivity index (χ2n) is 7.76. The standard InChI is InChI=1S/C25H29NO5/c1-4-30-23(27)21-19(26-18-14-10-7-11-15-18)16-25(3,29)22(24(28)31-5-2)20(21)17-12-8-6-9-13-17/h6-15,20,22,26,29H,4-5,16H2,1-3H3/t20-,22+,25-/m0/s1. The summed E-state index contributed by atoms with van der Waals surface area (Å²) in [4.78, 5) is 26.2. The van der Waals surface area contributed by atoms with E-state index >= 15 is 0 Å². The first-order valence-corrected chi connectivity index (χ1v) is 10.5. The summed E-state index contributed by atoms with van der Waals surface area (Å²) in [6, 6.07) is 18.6. The van der Waals surface area contributed by atoms with Crippen LogP contribution in [0.2, 0.25) is 0 Å². The number of para-hydroxylation sites is 1. The summed E-state index contributed by atoms with van der Waals surface area (Å²) < 4.78 is 10.7. The Balaban J connectivity index is 2.22. The average molecular weight is 424 g/mol. The first-order valence-electron chi connectivity index (χ1n) is 10.5. The first kappa shape index (κ1) is 22.6. The monoisotopic (exact) mass is 423 g/mol. The molecule has 0 amide bonds. The number of ether oxygens (including phenoxy) is 2. The molecule has 0 bridgehead atoms. The minimum Gasteiger partial charge on any atom is -0.466 e. The van der Waals surface area contributed by atoms with E-state index in [1.807, 2.05) is 60.7 Å². The molecule has 0 heterocycles. The van der Waals surface area contributed by atoms with Gasteiger partial charge in [0.15, 0.2) is 0 Å². The van der Waals surface area contributed by atoms with Gasteiger partial charge < -0.3 is 19.9 Å². The van der Waals surface area contributed by atoms with Gasteiger partial charge in [0, 0.05) is 23.7 Å².